The Kier molecular flexibility index (Phi) is 6.91. The van der Waals surface area contributed by atoms with Crippen LogP contribution in [0.1, 0.15) is 43.2 Å². The quantitative estimate of drug-likeness (QED) is 0.699. The molecular weight excluding hydrogens is 372 g/mol. The number of hydrogen-bond acceptors (Lipinski definition) is 6. The molecule has 1 saturated carbocycles. The number of rotatable bonds is 7. The highest BCUT2D eigenvalue weighted by Gasteiger charge is 2.30. The number of morpholine rings is 1. The number of carbonyl (C=O) groups excluding carboxylic acids is 1. The van der Waals surface area contributed by atoms with Gasteiger partial charge in [-0.2, -0.15) is 4.31 Å². The van der Waals surface area contributed by atoms with Gasteiger partial charge in [0.1, 0.15) is 0 Å². The van der Waals surface area contributed by atoms with Gasteiger partial charge in [-0.05, 0) is 30.9 Å². The summed E-state index contributed by atoms with van der Waals surface area (Å²) in [6.07, 6.45) is 4.95. The third kappa shape index (κ3) is 5.10. The van der Waals surface area contributed by atoms with E-state index in [1.165, 1.54) is 35.7 Å². The minimum atomic E-state index is -3.74. The smallest absolute Gasteiger partial charge is 0.287 e. The Morgan fingerprint density at radius 2 is 2.00 bits per heavy atom. The molecule has 2 heterocycles. The molecule has 0 unspecified atom stereocenters. The zero-order valence-electron chi connectivity index (χ0n) is 15.7. The van der Waals surface area contributed by atoms with Crippen molar-refractivity contribution in [3.05, 3.63) is 17.9 Å². The maximum Gasteiger partial charge on any atom is 0.287 e. The minimum absolute atomic E-state index is 0.0205. The SMILES string of the molecule is C[C@H]1CCCC[C@@H]1OCCNC(=O)c1ccc(S(=O)(=O)N2CCOCC2)o1. The van der Waals surface area contributed by atoms with Crippen molar-refractivity contribution in [2.24, 2.45) is 5.92 Å². The molecule has 1 aliphatic heterocycles. The molecule has 8 nitrogen and oxygen atoms in total. The number of ether oxygens (including phenoxy) is 2. The highest BCUT2D eigenvalue weighted by molar-refractivity contribution is 7.89. The highest BCUT2D eigenvalue weighted by Crippen LogP contribution is 2.26. The summed E-state index contributed by atoms with van der Waals surface area (Å²) in [7, 11) is -3.74. The number of amides is 1. The van der Waals surface area contributed by atoms with Crippen molar-refractivity contribution >= 4 is 15.9 Å². The summed E-state index contributed by atoms with van der Waals surface area (Å²) in [5, 5.41) is 2.49. The predicted octanol–water partition coefficient (Wildman–Crippen LogP) is 1.63. The van der Waals surface area contributed by atoms with Crippen LogP contribution in [0.2, 0.25) is 0 Å². The van der Waals surface area contributed by atoms with E-state index in [0.717, 1.165) is 6.42 Å². The molecule has 9 heteroatoms. The fourth-order valence-corrected chi connectivity index (χ4v) is 4.81. The molecule has 1 aromatic heterocycles. The number of sulfonamides is 1. The average molecular weight is 400 g/mol. The molecule has 0 spiro atoms. The second-order valence-corrected chi connectivity index (χ2v) is 8.93. The van der Waals surface area contributed by atoms with Crippen molar-refractivity contribution in [2.45, 2.75) is 43.8 Å². The van der Waals surface area contributed by atoms with Crippen molar-refractivity contribution in [1.29, 1.82) is 0 Å². The monoisotopic (exact) mass is 400 g/mol. The van der Waals surface area contributed by atoms with Gasteiger partial charge in [-0.3, -0.25) is 4.79 Å². The van der Waals surface area contributed by atoms with Crippen LogP contribution >= 0.6 is 0 Å². The van der Waals surface area contributed by atoms with Crippen LogP contribution in [0.5, 0.6) is 0 Å². The van der Waals surface area contributed by atoms with E-state index in [2.05, 4.69) is 12.2 Å². The lowest BCUT2D eigenvalue weighted by Crippen LogP contribution is -2.40. The van der Waals surface area contributed by atoms with Crippen molar-refractivity contribution in [3.8, 4) is 0 Å². The second kappa shape index (κ2) is 9.18. The zero-order chi connectivity index (χ0) is 19.3. The first-order chi connectivity index (χ1) is 13.0. The highest BCUT2D eigenvalue weighted by atomic mass is 32.2. The maximum absolute atomic E-state index is 12.5. The van der Waals surface area contributed by atoms with Crippen molar-refractivity contribution in [1.82, 2.24) is 9.62 Å². The van der Waals surface area contributed by atoms with Crippen LogP contribution in [0.3, 0.4) is 0 Å². The van der Waals surface area contributed by atoms with Crippen molar-refractivity contribution < 1.29 is 27.1 Å². The van der Waals surface area contributed by atoms with E-state index < -0.39 is 15.9 Å². The summed E-state index contributed by atoms with van der Waals surface area (Å²) < 4.78 is 42.7. The number of nitrogens with one attached hydrogen (secondary N) is 1. The lowest BCUT2D eigenvalue weighted by Gasteiger charge is -2.28. The van der Waals surface area contributed by atoms with Crippen LogP contribution < -0.4 is 5.32 Å². The van der Waals surface area contributed by atoms with Gasteiger partial charge in [0.2, 0.25) is 5.09 Å². The molecule has 152 valence electrons. The van der Waals surface area contributed by atoms with Crippen LogP contribution in [-0.2, 0) is 19.5 Å². The first-order valence-corrected chi connectivity index (χ1v) is 11.0. The molecule has 2 aliphatic rings. The fraction of sp³-hybridized carbons (Fsp3) is 0.722. The second-order valence-electron chi connectivity index (χ2n) is 7.06. The van der Waals surface area contributed by atoms with Gasteiger partial charge < -0.3 is 19.2 Å². The maximum atomic E-state index is 12.5. The number of hydrogen-bond donors (Lipinski definition) is 1. The Hall–Kier alpha value is -1.42. The number of carbonyl (C=O) groups is 1. The predicted molar refractivity (Wildman–Crippen MR) is 98.0 cm³/mol. The molecule has 1 aromatic rings. The largest absolute Gasteiger partial charge is 0.438 e. The Labute approximate surface area is 160 Å². The van der Waals surface area contributed by atoms with E-state index in [1.807, 2.05) is 0 Å². The fourth-order valence-electron chi connectivity index (χ4n) is 3.49. The van der Waals surface area contributed by atoms with E-state index in [-0.39, 0.29) is 30.0 Å². The molecule has 2 atom stereocenters. The van der Waals surface area contributed by atoms with Crippen LogP contribution in [0.15, 0.2) is 21.6 Å². The zero-order valence-corrected chi connectivity index (χ0v) is 16.5. The Morgan fingerprint density at radius 1 is 1.26 bits per heavy atom. The van der Waals surface area contributed by atoms with Gasteiger partial charge in [-0.25, -0.2) is 8.42 Å². The Bertz CT molecular complexity index is 726. The first kappa shape index (κ1) is 20.3. The summed E-state index contributed by atoms with van der Waals surface area (Å²) in [6, 6.07) is 2.70. The van der Waals surface area contributed by atoms with E-state index >= 15 is 0 Å². The van der Waals surface area contributed by atoms with Crippen LogP contribution in [-0.4, -0.2) is 64.2 Å². The summed E-state index contributed by atoms with van der Waals surface area (Å²) in [5.74, 6) is 0.0825. The Morgan fingerprint density at radius 3 is 2.74 bits per heavy atom. The van der Waals surface area contributed by atoms with Gasteiger partial charge in [-0.1, -0.05) is 19.8 Å². The lowest BCUT2D eigenvalue weighted by atomic mass is 9.88. The molecule has 3 rings (SSSR count). The number of furan rings is 1. The van der Waals surface area contributed by atoms with Crippen LogP contribution in [0.4, 0.5) is 0 Å². The normalized spacial score (nSPS) is 24.6. The lowest BCUT2D eigenvalue weighted by molar-refractivity contribution is -0.00301. The van der Waals surface area contributed by atoms with E-state index in [1.54, 1.807) is 0 Å². The van der Waals surface area contributed by atoms with Gasteiger partial charge in [0.05, 0.1) is 25.9 Å². The van der Waals surface area contributed by atoms with Crippen molar-refractivity contribution in [3.63, 3.8) is 0 Å². The molecule has 1 aliphatic carbocycles. The molecule has 1 amide bonds. The molecule has 27 heavy (non-hydrogen) atoms. The van der Waals surface area contributed by atoms with Gasteiger partial charge >= 0.3 is 0 Å². The molecule has 1 N–H and O–H groups in total. The first-order valence-electron chi connectivity index (χ1n) is 9.56. The van der Waals surface area contributed by atoms with Gasteiger partial charge in [0.15, 0.2) is 5.76 Å². The van der Waals surface area contributed by atoms with E-state index in [9.17, 15) is 13.2 Å². The standard InChI is InChI=1S/C18H28N2O6S/c1-14-4-2-3-5-15(14)25-11-8-19-18(21)16-6-7-17(26-16)27(22,23)20-9-12-24-13-10-20/h6-7,14-15H,2-5,8-13H2,1H3,(H,19,21)/t14-,15-/m0/s1. The van der Waals surface area contributed by atoms with Crippen molar-refractivity contribution in [2.75, 3.05) is 39.5 Å². The molecule has 0 radical (unpaired) electrons. The van der Waals surface area contributed by atoms with E-state index in [4.69, 9.17) is 13.9 Å². The van der Waals surface area contributed by atoms with Crippen LogP contribution in [0, 0.1) is 5.92 Å². The Balaban J connectivity index is 1.48. The van der Waals surface area contributed by atoms with Gasteiger partial charge in [0, 0.05) is 19.6 Å². The molecule has 2 fully saturated rings. The molecular formula is C18H28N2O6S. The molecule has 1 saturated heterocycles. The average Bonchev–Trinajstić information content (AvgIpc) is 3.18. The van der Waals surface area contributed by atoms with Crippen LogP contribution in [0.25, 0.3) is 0 Å². The summed E-state index contributed by atoms with van der Waals surface area (Å²) in [4.78, 5) is 12.2. The molecule has 0 bridgehead atoms. The van der Waals surface area contributed by atoms with Gasteiger partial charge in [-0.15, -0.1) is 0 Å². The third-order valence-corrected chi connectivity index (χ3v) is 6.89. The number of nitrogens with zero attached hydrogens (tertiary/aromatic N) is 1. The molecule has 0 aromatic carbocycles. The van der Waals surface area contributed by atoms with E-state index in [0.29, 0.717) is 32.3 Å². The summed E-state index contributed by atoms with van der Waals surface area (Å²) >= 11 is 0. The minimum Gasteiger partial charge on any atom is -0.438 e. The van der Waals surface area contributed by atoms with Gasteiger partial charge in [0.25, 0.3) is 15.9 Å². The summed E-state index contributed by atoms with van der Waals surface area (Å²) in [5.41, 5.74) is 0. The topological polar surface area (TPSA) is 98.1 Å². The third-order valence-electron chi connectivity index (χ3n) is 5.12. The summed E-state index contributed by atoms with van der Waals surface area (Å²) in [6.45, 7) is 4.25.